The van der Waals surface area contributed by atoms with Crippen molar-refractivity contribution < 1.29 is 4.52 Å². The fourth-order valence-corrected chi connectivity index (χ4v) is 2.82. The minimum absolute atomic E-state index is 0. The summed E-state index contributed by atoms with van der Waals surface area (Å²) in [5.74, 6) is 0. The van der Waals surface area contributed by atoms with E-state index in [9.17, 15) is 0 Å². The molecule has 0 saturated heterocycles. The first-order chi connectivity index (χ1) is 8.33. The van der Waals surface area contributed by atoms with Crippen LogP contribution in [0.15, 0.2) is 10.8 Å². The van der Waals surface area contributed by atoms with Crippen molar-refractivity contribution in [1.82, 2.24) is 20.3 Å². The second kappa shape index (κ2) is 4.10. The first kappa shape index (κ1) is 11.7. The Morgan fingerprint density at radius 1 is 1.50 bits per heavy atom. The third-order valence-corrected chi connectivity index (χ3v) is 3.72. The smallest absolute Gasteiger partial charge is 0.135 e. The number of hydrogen-bond acceptors (Lipinski definition) is 4. The molecule has 0 amide bonds. The van der Waals surface area contributed by atoms with E-state index < -0.39 is 0 Å². The third-order valence-electron chi connectivity index (χ3n) is 3.72. The molecule has 2 aromatic heterocycles. The molecule has 0 saturated carbocycles. The second-order valence-electron chi connectivity index (χ2n) is 4.92. The Morgan fingerprint density at radius 2 is 2.39 bits per heavy atom. The van der Waals surface area contributed by atoms with Gasteiger partial charge in [0.1, 0.15) is 12.0 Å². The van der Waals surface area contributed by atoms with Crippen LogP contribution in [-0.4, -0.2) is 21.0 Å². The van der Waals surface area contributed by atoms with Crippen LogP contribution in [0.1, 0.15) is 23.7 Å². The van der Waals surface area contributed by atoms with Gasteiger partial charge in [-0.25, -0.2) is 0 Å². The van der Waals surface area contributed by atoms with Gasteiger partial charge in [-0.15, -0.1) is 12.4 Å². The van der Waals surface area contributed by atoms with Crippen molar-refractivity contribution in [1.29, 1.82) is 0 Å². The molecular weight excluding hydrogens is 252 g/mol. The SMILES string of the molecule is C[C@@H]1Cc2nn3c(c2CN1)-c1nocc1CC3.Cl. The number of nitrogens with zero attached hydrogens (tertiary/aromatic N) is 3. The van der Waals surface area contributed by atoms with Crippen LogP contribution < -0.4 is 5.32 Å². The zero-order valence-electron chi connectivity index (χ0n) is 10.1. The maximum absolute atomic E-state index is 5.09. The molecule has 2 aliphatic rings. The normalized spacial score (nSPS) is 20.6. The molecule has 6 heteroatoms. The number of hydrogen-bond donors (Lipinski definition) is 1. The lowest BCUT2D eigenvalue weighted by Crippen LogP contribution is -2.32. The van der Waals surface area contributed by atoms with E-state index in [4.69, 9.17) is 9.62 Å². The molecule has 0 aliphatic carbocycles. The summed E-state index contributed by atoms with van der Waals surface area (Å²) in [5, 5.41) is 12.3. The fourth-order valence-electron chi connectivity index (χ4n) is 2.82. The maximum atomic E-state index is 5.09. The van der Waals surface area contributed by atoms with Crippen LogP contribution in [0, 0.1) is 0 Å². The number of aromatic nitrogens is 3. The second-order valence-corrected chi connectivity index (χ2v) is 4.92. The summed E-state index contributed by atoms with van der Waals surface area (Å²) < 4.78 is 7.19. The van der Waals surface area contributed by atoms with Crippen molar-refractivity contribution in [2.75, 3.05) is 0 Å². The predicted octanol–water partition coefficient (Wildman–Crippen LogP) is 1.55. The Balaban J connectivity index is 0.000001000. The van der Waals surface area contributed by atoms with Crippen LogP contribution in [-0.2, 0) is 25.9 Å². The van der Waals surface area contributed by atoms with Crippen LogP contribution in [0.2, 0.25) is 0 Å². The Bertz CT molecular complexity index is 589. The standard InChI is InChI=1S/C12H14N4O.ClH/c1-7-4-10-9(5-13-7)12-11-8(6-17-15-11)2-3-16(12)14-10;/h6-7,13H,2-5H2,1H3;1H/t7-;/m1./s1. The summed E-state index contributed by atoms with van der Waals surface area (Å²) >= 11 is 0. The zero-order chi connectivity index (χ0) is 11.4. The van der Waals surface area contributed by atoms with Gasteiger partial charge in [0.15, 0.2) is 0 Å². The van der Waals surface area contributed by atoms with Crippen molar-refractivity contribution in [3.05, 3.63) is 23.1 Å². The number of aryl methyl sites for hydroxylation is 2. The summed E-state index contributed by atoms with van der Waals surface area (Å²) in [6.45, 7) is 4.02. The van der Waals surface area contributed by atoms with Crippen molar-refractivity contribution in [3.8, 4) is 11.4 Å². The minimum Gasteiger partial charge on any atom is -0.364 e. The van der Waals surface area contributed by atoms with Crippen molar-refractivity contribution in [2.45, 2.75) is 38.9 Å². The summed E-state index contributed by atoms with van der Waals surface area (Å²) in [6, 6.07) is 0.510. The van der Waals surface area contributed by atoms with E-state index in [1.165, 1.54) is 16.8 Å². The van der Waals surface area contributed by atoms with Gasteiger partial charge in [0.25, 0.3) is 0 Å². The van der Waals surface area contributed by atoms with Crippen LogP contribution in [0.5, 0.6) is 0 Å². The summed E-state index contributed by atoms with van der Waals surface area (Å²) in [5.41, 5.74) is 5.88. The Hall–Kier alpha value is -1.33. The van der Waals surface area contributed by atoms with E-state index in [0.717, 1.165) is 37.3 Å². The van der Waals surface area contributed by atoms with E-state index in [1.807, 2.05) is 0 Å². The monoisotopic (exact) mass is 266 g/mol. The largest absolute Gasteiger partial charge is 0.364 e. The molecule has 1 atom stereocenters. The molecule has 4 rings (SSSR count). The molecule has 2 aromatic rings. The van der Waals surface area contributed by atoms with E-state index in [2.05, 4.69) is 22.1 Å². The summed E-state index contributed by atoms with van der Waals surface area (Å²) in [7, 11) is 0. The third kappa shape index (κ3) is 1.51. The van der Waals surface area contributed by atoms with Crippen molar-refractivity contribution in [2.24, 2.45) is 0 Å². The molecule has 0 fully saturated rings. The highest BCUT2D eigenvalue weighted by Gasteiger charge is 2.29. The number of halogens is 1. The molecule has 0 aromatic carbocycles. The highest BCUT2D eigenvalue weighted by molar-refractivity contribution is 5.85. The Labute approximate surface area is 111 Å². The quantitative estimate of drug-likeness (QED) is 0.786. The van der Waals surface area contributed by atoms with Gasteiger partial charge in [-0.2, -0.15) is 5.10 Å². The number of rotatable bonds is 0. The van der Waals surface area contributed by atoms with Gasteiger partial charge in [-0.1, -0.05) is 5.16 Å². The van der Waals surface area contributed by atoms with Gasteiger partial charge < -0.3 is 9.84 Å². The first-order valence-electron chi connectivity index (χ1n) is 6.08. The van der Waals surface area contributed by atoms with Crippen LogP contribution in [0.4, 0.5) is 0 Å². The molecule has 2 aliphatic heterocycles. The van der Waals surface area contributed by atoms with Crippen molar-refractivity contribution in [3.63, 3.8) is 0 Å². The average Bonchev–Trinajstić information content (AvgIpc) is 2.89. The highest BCUT2D eigenvalue weighted by Crippen LogP contribution is 2.34. The van der Waals surface area contributed by atoms with Gasteiger partial charge in [-0.3, -0.25) is 4.68 Å². The predicted molar refractivity (Wildman–Crippen MR) is 68.7 cm³/mol. The van der Waals surface area contributed by atoms with Gasteiger partial charge in [-0.05, 0) is 13.3 Å². The highest BCUT2D eigenvalue weighted by atomic mass is 35.5. The fraction of sp³-hybridized carbons (Fsp3) is 0.500. The maximum Gasteiger partial charge on any atom is 0.135 e. The van der Waals surface area contributed by atoms with Gasteiger partial charge in [0.2, 0.25) is 0 Å². The molecule has 0 unspecified atom stereocenters. The molecule has 0 radical (unpaired) electrons. The molecule has 1 N–H and O–H groups in total. The molecule has 18 heavy (non-hydrogen) atoms. The Morgan fingerprint density at radius 3 is 3.28 bits per heavy atom. The summed E-state index contributed by atoms with van der Waals surface area (Å²) in [4.78, 5) is 0. The van der Waals surface area contributed by atoms with Crippen LogP contribution in [0.25, 0.3) is 11.4 Å². The van der Waals surface area contributed by atoms with E-state index in [1.54, 1.807) is 6.26 Å². The topological polar surface area (TPSA) is 55.9 Å². The van der Waals surface area contributed by atoms with Gasteiger partial charge >= 0.3 is 0 Å². The van der Waals surface area contributed by atoms with Crippen molar-refractivity contribution >= 4 is 12.4 Å². The first-order valence-corrected chi connectivity index (χ1v) is 6.08. The molecule has 4 heterocycles. The molecule has 96 valence electrons. The van der Waals surface area contributed by atoms with Gasteiger partial charge in [0.05, 0.1) is 11.4 Å². The molecule has 0 bridgehead atoms. The van der Waals surface area contributed by atoms with E-state index in [-0.39, 0.29) is 12.4 Å². The minimum atomic E-state index is 0. The summed E-state index contributed by atoms with van der Waals surface area (Å²) in [6.07, 6.45) is 3.73. The lowest BCUT2D eigenvalue weighted by molar-refractivity contribution is 0.421. The number of fused-ring (bicyclic) bond motifs is 5. The van der Waals surface area contributed by atoms with E-state index >= 15 is 0 Å². The van der Waals surface area contributed by atoms with Crippen LogP contribution >= 0.6 is 12.4 Å². The molecule has 0 spiro atoms. The Kier molecular flexibility index (Phi) is 2.68. The van der Waals surface area contributed by atoms with Crippen LogP contribution in [0.3, 0.4) is 0 Å². The molecule has 5 nitrogen and oxygen atoms in total. The van der Waals surface area contributed by atoms with E-state index in [0.29, 0.717) is 6.04 Å². The number of nitrogens with one attached hydrogen (secondary N) is 1. The average molecular weight is 267 g/mol. The lowest BCUT2D eigenvalue weighted by atomic mass is 9.98. The molecular formula is C12H15ClN4O. The lowest BCUT2D eigenvalue weighted by Gasteiger charge is -2.20. The van der Waals surface area contributed by atoms with Gasteiger partial charge in [0, 0.05) is 36.7 Å². The zero-order valence-corrected chi connectivity index (χ0v) is 11.0.